The third-order valence-corrected chi connectivity index (χ3v) is 3.94. The summed E-state index contributed by atoms with van der Waals surface area (Å²) in [7, 11) is 1.94. The van der Waals surface area contributed by atoms with Crippen molar-refractivity contribution in [3.8, 4) is 5.75 Å². The van der Waals surface area contributed by atoms with Crippen LogP contribution in [0.3, 0.4) is 0 Å². The van der Waals surface area contributed by atoms with E-state index in [-0.39, 0.29) is 0 Å². The van der Waals surface area contributed by atoms with Crippen LogP contribution in [-0.2, 0) is 19.3 Å². The van der Waals surface area contributed by atoms with Gasteiger partial charge in [-0.1, -0.05) is 30.3 Å². The lowest BCUT2D eigenvalue weighted by atomic mass is 10.0. The predicted octanol–water partition coefficient (Wildman–Crippen LogP) is 3.93. The minimum Gasteiger partial charge on any atom is -0.493 e. The predicted molar refractivity (Wildman–Crippen MR) is 85.9 cm³/mol. The quantitative estimate of drug-likeness (QED) is 0.668. The van der Waals surface area contributed by atoms with Gasteiger partial charge in [-0.2, -0.15) is 5.10 Å². The number of benzene rings is 2. The molecule has 3 nitrogen and oxygen atoms in total. The van der Waals surface area contributed by atoms with E-state index in [1.807, 2.05) is 36.0 Å². The maximum Gasteiger partial charge on any atom is 0.124 e. The van der Waals surface area contributed by atoms with E-state index >= 15 is 0 Å². The molecule has 0 aliphatic carbocycles. The van der Waals surface area contributed by atoms with Gasteiger partial charge in [0.2, 0.25) is 0 Å². The van der Waals surface area contributed by atoms with Crippen molar-refractivity contribution in [3.63, 3.8) is 0 Å². The van der Waals surface area contributed by atoms with E-state index in [9.17, 15) is 0 Å². The van der Waals surface area contributed by atoms with Gasteiger partial charge in [0.25, 0.3) is 0 Å². The fourth-order valence-electron chi connectivity index (χ4n) is 2.50. The zero-order chi connectivity index (χ0) is 14.7. The molecule has 3 rings (SSSR count). The van der Waals surface area contributed by atoms with Crippen molar-refractivity contribution in [1.29, 1.82) is 0 Å². The lowest BCUT2D eigenvalue weighted by Gasteiger charge is -2.12. The van der Waals surface area contributed by atoms with Crippen molar-refractivity contribution in [1.82, 2.24) is 9.78 Å². The molecule has 1 aromatic heterocycles. The van der Waals surface area contributed by atoms with E-state index in [4.69, 9.17) is 16.3 Å². The Kier molecular flexibility index (Phi) is 4.11. The number of nitrogens with zero attached hydrogens (tertiary/aromatic N) is 2. The van der Waals surface area contributed by atoms with Crippen LogP contribution in [0.25, 0.3) is 10.8 Å². The number of halogens is 1. The van der Waals surface area contributed by atoms with Crippen molar-refractivity contribution in [3.05, 3.63) is 59.9 Å². The Morgan fingerprint density at radius 1 is 1.14 bits per heavy atom. The minimum atomic E-state index is 0.447. The fourth-order valence-corrected chi connectivity index (χ4v) is 2.78. The summed E-state index contributed by atoms with van der Waals surface area (Å²) in [5, 5.41) is 6.50. The van der Waals surface area contributed by atoms with Crippen LogP contribution in [0.2, 0.25) is 0 Å². The first-order valence-corrected chi connectivity index (χ1v) is 7.49. The van der Waals surface area contributed by atoms with Crippen LogP contribution in [0.1, 0.15) is 11.3 Å². The van der Waals surface area contributed by atoms with Crippen LogP contribution in [-0.4, -0.2) is 16.4 Å². The Balaban J connectivity index is 1.79. The van der Waals surface area contributed by atoms with Crippen molar-refractivity contribution >= 4 is 22.4 Å². The van der Waals surface area contributed by atoms with Gasteiger partial charge in [-0.05, 0) is 22.9 Å². The summed E-state index contributed by atoms with van der Waals surface area (Å²) in [6, 6.07) is 14.3. The monoisotopic (exact) mass is 300 g/mol. The second-order valence-corrected chi connectivity index (χ2v) is 5.21. The lowest BCUT2D eigenvalue weighted by molar-refractivity contribution is 0.316. The zero-order valence-corrected chi connectivity index (χ0v) is 12.7. The minimum absolute atomic E-state index is 0.447. The molecule has 21 heavy (non-hydrogen) atoms. The topological polar surface area (TPSA) is 27.1 Å². The summed E-state index contributed by atoms with van der Waals surface area (Å²) in [5.74, 6) is 1.31. The Labute approximate surface area is 129 Å². The van der Waals surface area contributed by atoms with Crippen LogP contribution < -0.4 is 4.74 Å². The Morgan fingerprint density at radius 3 is 2.76 bits per heavy atom. The molecule has 0 aliphatic heterocycles. The first-order valence-electron chi connectivity index (χ1n) is 6.96. The summed E-state index contributed by atoms with van der Waals surface area (Å²) in [6.45, 7) is 0.613. The van der Waals surface area contributed by atoms with Gasteiger partial charge in [-0.3, -0.25) is 4.68 Å². The van der Waals surface area contributed by atoms with Gasteiger partial charge >= 0.3 is 0 Å². The average Bonchev–Trinajstić information content (AvgIpc) is 2.92. The molecule has 0 saturated heterocycles. The van der Waals surface area contributed by atoms with Gasteiger partial charge in [-0.15, -0.1) is 11.6 Å². The molecule has 2 aromatic carbocycles. The molecule has 108 valence electrons. The Hall–Kier alpha value is -2.00. The molecule has 0 spiro atoms. The second-order valence-electron chi connectivity index (χ2n) is 4.94. The second kappa shape index (κ2) is 6.19. The number of aryl methyl sites for hydroxylation is 1. The highest BCUT2D eigenvalue weighted by Gasteiger charge is 2.08. The van der Waals surface area contributed by atoms with E-state index in [2.05, 4.69) is 23.3 Å². The number of hydrogen-bond acceptors (Lipinski definition) is 2. The van der Waals surface area contributed by atoms with Crippen molar-refractivity contribution in [2.45, 2.75) is 12.3 Å². The zero-order valence-electron chi connectivity index (χ0n) is 11.9. The molecule has 0 radical (unpaired) electrons. The van der Waals surface area contributed by atoms with Crippen molar-refractivity contribution in [2.75, 3.05) is 6.61 Å². The molecule has 0 unspecified atom stereocenters. The summed E-state index contributed by atoms with van der Waals surface area (Å²) in [5.41, 5.74) is 2.21. The van der Waals surface area contributed by atoms with Crippen molar-refractivity contribution in [2.24, 2.45) is 7.05 Å². The van der Waals surface area contributed by atoms with E-state index < -0.39 is 0 Å². The molecule has 1 heterocycles. The number of ether oxygens (including phenoxy) is 1. The van der Waals surface area contributed by atoms with Crippen molar-refractivity contribution < 1.29 is 4.74 Å². The molecule has 0 saturated carbocycles. The molecule has 0 aliphatic rings. The maximum absolute atomic E-state index is 6.12. The van der Waals surface area contributed by atoms with Gasteiger partial charge in [0, 0.05) is 30.9 Å². The highest BCUT2D eigenvalue weighted by Crippen LogP contribution is 2.29. The van der Waals surface area contributed by atoms with E-state index in [1.165, 1.54) is 5.39 Å². The third kappa shape index (κ3) is 2.88. The Bertz CT molecular complexity index is 751. The lowest BCUT2D eigenvalue weighted by Crippen LogP contribution is -2.07. The number of fused-ring (bicyclic) bond motifs is 1. The maximum atomic E-state index is 6.12. The molecular weight excluding hydrogens is 284 g/mol. The molecule has 0 atom stereocenters. The smallest absolute Gasteiger partial charge is 0.124 e. The summed E-state index contributed by atoms with van der Waals surface area (Å²) in [6.07, 6.45) is 2.63. The number of rotatable bonds is 5. The SMILES string of the molecule is Cn1nccc1CCOc1ccc2ccccc2c1CCl. The van der Waals surface area contributed by atoms with Crippen LogP contribution in [0.4, 0.5) is 0 Å². The molecule has 0 amide bonds. The highest BCUT2D eigenvalue weighted by atomic mass is 35.5. The highest BCUT2D eigenvalue weighted by molar-refractivity contribution is 6.18. The average molecular weight is 301 g/mol. The van der Waals surface area contributed by atoms with Gasteiger partial charge in [0.15, 0.2) is 0 Å². The normalized spacial score (nSPS) is 11.0. The molecule has 0 fully saturated rings. The van der Waals surface area contributed by atoms with Crippen LogP contribution in [0.5, 0.6) is 5.75 Å². The largest absolute Gasteiger partial charge is 0.493 e. The van der Waals surface area contributed by atoms with Gasteiger partial charge in [0.05, 0.1) is 12.5 Å². The van der Waals surface area contributed by atoms with E-state index in [0.29, 0.717) is 12.5 Å². The summed E-state index contributed by atoms with van der Waals surface area (Å²) < 4.78 is 7.81. The first kappa shape index (κ1) is 14.0. The number of alkyl halides is 1. The van der Waals surface area contributed by atoms with Gasteiger partial charge in [-0.25, -0.2) is 0 Å². The third-order valence-electron chi connectivity index (χ3n) is 3.67. The Morgan fingerprint density at radius 2 is 2.00 bits per heavy atom. The van der Waals surface area contributed by atoms with Crippen LogP contribution in [0, 0.1) is 0 Å². The number of hydrogen-bond donors (Lipinski definition) is 0. The number of aromatic nitrogens is 2. The van der Waals surface area contributed by atoms with Gasteiger partial charge < -0.3 is 4.74 Å². The van der Waals surface area contributed by atoms with Crippen LogP contribution >= 0.6 is 11.6 Å². The molecule has 0 bridgehead atoms. The summed E-state index contributed by atoms with van der Waals surface area (Å²) in [4.78, 5) is 0. The van der Waals surface area contributed by atoms with E-state index in [0.717, 1.165) is 28.8 Å². The molecular formula is C17H17ClN2O. The fraction of sp³-hybridized carbons (Fsp3) is 0.235. The molecule has 3 aromatic rings. The van der Waals surface area contributed by atoms with Gasteiger partial charge in [0.1, 0.15) is 5.75 Å². The van der Waals surface area contributed by atoms with Crippen LogP contribution in [0.15, 0.2) is 48.7 Å². The van der Waals surface area contributed by atoms with E-state index in [1.54, 1.807) is 6.20 Å². The standard InChI is InChI=1S/C17H17ClN2O/c1-20-14(8-10-19-20)9-11-21-17-7-6-13-4-2-3-5-15(13)16(17)12-18/h2-8,10H,9,11-12H2,1H3. The summed E-state index contributed by atoms with van der Waals surface area (Å²) >= 11 is 6.12. The molecule has 0 N–H and O–H groups in total. The molecule has 4 heteroatoms. The first-order chi connectivity index (χ1) is 10.3.